The highest BCUT2D eigenvalue weighted by atomic mass is 32.1. The summed E-state index contributed by atoms with van der Waals surface area (Å²) in [5.41, 5.74) is 1.30. The molecule has 0 aromatic carbocycles. The van der Waals surface area contributed by atoms with E-state index in [2.05, 4.69) is 14.9 Å². The first kappa shape index (κ1) is 14.2. The molecular weight excluding hydrogens is 286 g/mol. The summed E-state index contributed by atoms with van der Waals surface area (Å²) in [6.45, 7) is 2.89. The zero-order valence-corrected chi connectivity index (χ0v) is 12.5. The molecule has 0 amide bonds. The molecule has 110 valence electrons. The summed E-state index contributed by atoms with van der Waals surface area (Å²) in [5, 5.41) is 10.3. The van der Waals surface area contributed by atoms with Crippen LogP contribution in [0.4, 0.5) is 0 Å². The van der Waals surface area contributed by atoms with Crippen LogP contribution in [0.2, 0.25) is 0 Å². The lowest BCUT2D eigenvalue weighted by atomic mass is 10.1. The third kappa shape index (κ3) is 3.28. The number of likely N-dealkylation sites (tertiary alicyclic amines) is 1. The number of hydrogen-bond donors (Lipinski definition) is 1. The van der Waals surface area contributed by atoms with Crippen LogP contribution >= 0.6 is 11.3 Å². The second-order valence-corrected chi connectivity index (χ2v) is 6.25. The lowest BCUT2D eigenvalue weighted by Crippen LogP contribution is -2.28. The summed E-state index contributed by atoms with van der Waals surface area (Å²) < 4.78 is 0. The molecule has 3 rings (SSSR count). The maximum atomic E-state index is 11.4. The van der Waals surface area contributed by atoms with Crippen LogP contribution in [0, 0.1) is 0 Å². The van der Waals surface area contributed by atoms with Gasteiger partial charge in [-0.2, -0.15) is 0 Å². The number of carboxylic acid groups (broad SMARTS) is 1. The Hall–Kier alpha value is -1.79. The van der Waals surface area contributed by atoms with Crippen LogP contribution in [-0.2, 0) is 6.54 Å². The molecule has 0 bridgehead atoms. The van der Waals surface area contributed by atoms with E-state index in [0.717, 1.165) is 30.2 Å². The lowest BCUT2D eigenvalue weighted by Gasteiger charge is -2.25. The number of pyridine rings is 1. The summed E-state index contributed by atoms with van der Waals surface area (Å²) in [6, 6.07) is 3.64. The van der Waals surface area contributed by atoms with Gasteiger partial charge in [0.1, 0.15) is 9.88 Å². The van der Waals surface area contributed by atoms with Crippen LogP contribution in [0.25, 0.3) is 11.3 Å². The number of hydrogen-bond acceptors (Lipinski definition) is 5. The summed E-state index contributed by atoms with van der Waals surface area (Å²) in [6.07, 6.45) is 7.05. The van der Waals surface area contributed by atoms with Crippen LogP contribution in [0.5, 0.6) is 0 Å². The van der Waals surface area contributed by atoms with E-state index in [-0.39, 0.29) is 0 Å². The van der Waals surface area contributed by atoms with E-state index < -0.39 is 5.97 Å². The van der Waals surface area contributed by atoms with E-state index in [1.807, 2.05) is 6.07 Å². The Morgan fingerprint density at radius 2 is 2.14 bits per heavy atom. The van der Waals surface area contributed by atoms with Crippen LogP contribution in [0.15, 0.2) is 24.5 Å². The van der Waals surface area contributed by atoms with Gasteiger partial charge in [-0.25, -0.2) is 9.78 Å². The molecule has 0 aliphatic carbocycles. The molecule has 1 fully saturated rings. The van der Waals surface area contributed by atoms with Gasteiger partial charge in [0, 0.05) is 18.0 Å². The fraction of sp³-hybridized carbons (Fsp3) is 0.400. The lowest BCUT2D eigenvalue weighted by molar-refractivity contribution is 0.0702. The molecule has 1 N–H and O–H groups in total. The van der Waals surface area contributed by atoms with Gasteiger partial charge in [-0.1, -0.05) is 6.42 Å². The zero-order chi connectivity index (χ0) is 14.7. The van der Waals surface area contributed by atoms with Crippen molar-refractivity contribution in [3.05, 3.63) is 34.4 Å². The average molecular weight is 303 g/mol. The van der Waals surface area contributed by atoms with Gasteiger partial charge in [0.15, 0.2) is 0 Å². The fourth-order valence-electron chi connectivity index (χ4n) is 2.58. The third-order valence-electron chi connectivity index (χ3n) is 3.61. The molecule has 0 radical (unpaired) electrons. The molecule has 1 aliphatic heterocycles. The highest BCUT2D eigenvalue weighted by molar-refractivity contribution is 7.14. The van der Waals surface area contributed by atoms with Crippen molar-refractivity contribution < 1.29 is 9.90 Å². The minimum absolute atomic E-state index is 0.301. The van der Waals surface area contributed by atoms with Crippen LogP contribution in [0.3, 0.4) is 0 Å². The van der Waals surface area contributed by atoms with Gasteiger partial charge in [0.25, 0.3) is 0 Å². The van der Waals surface area contributed by atoms with Gasteiger partial charge in [0.2, 0.25) is 0 Å². The summed E-state index contributed by atoms with van der Waals surface area (Å²) in [7, 11) is 0. The minimum Gasteiger partial charge on any atom is -0.477 e. The van der Waals surface area contributed by atoms with Crippen molar-refractivity contribution in [3.63, 3.8) is 0 Å². The first-order valence-electron chi connectivity index (χ1n) is 7.10. The first-order valence-corrected chi connectivity index (χ1v) is 7.91. The van der Waals surface area contributed by atoms with Crippen LogP contribution in [0.1, 0.15) is 33.9 Å². The van der Waals surface area contributed by atoms with Crippen molar-refractivity contribution in [2.75, 3.05) is 13.1 Å². The molecule has 2 aromatic rings. The number of carboxylic acids is 1. The smallest absolute Gasteiger partial charge is 0.348 e. The first-order chi connectivity index (χ1) is 10.2. The van der Waals surface area contributed by atoms with Gasteiger partial charge in [-0.05, 0) is 38.1 Å². The van der Waals surface area contributed by atoms with Crippen molar-refractivity contribution in [2.45, 2.75) is 25.8 Å². The Morgan fingerprint density at radius 1 is 1.33 bits per heavy atom. The van der Waals surface area contributed by atoms with Gasteiger partial charge in [-0.3, -0.25) is 9.88 Å². The number of rotatable bonds is 4. The van der Waals surface area contributed by atoms with Crippen molar-refractivity contribution >= 4 is 17.3 Å². The molecule has 1 aliphatic rings. The number of aromatic nitrogens is 2. The van der Waals surface area contributed by atoms with E-state index in [4.69, 9.17) is 0 Å². The fourth-order valence-corrected chi connectivity index (χ4v) is 3.55. The molecule has 0 unspecified atom stereocenters. The molecule has 3 heterocycles. The summed E-state index contributed by atoms with van der Waals surface area (Å²) >= 11 is 1.28. The standard InChI is InChI=1S/C15H17N3O2S/c19-15(20)14-13(11-5-4-6-16-9-11)17-12(21-14)10-18-7-2-1-3-8-18/h4-6,9H,1-3,7-8,10H2,(H,19,20). The normalized spacial score (nSPS) is 16.0. The Morgan fingerprint density at radius 3 is 2.81 bits per heavy atom. The largest absolute Gasteiger partial charge is 0.477 e. The van der Waals surface area contributed by atoms with Gasteiger partial charge in [-0.15, -0.1) is 11.3 Å². The van der Waals surface area contributed by atoms with Gasteiger partial charge < -0.3 is 5.11 Å². The van der Waals surface area contributed by atoms with Crippen LogP contribution in [-0.4, -0.2) is 39.0 Å². The molecule has 6 heteroatoms. The Bertz CT molecular complexity index is 621. The molecule has 21 heavy (non-hydrogen) atoms. The number of nitrogens with zero attached hydrogens (tertiary/aromatic N) is 3. The minimum atomic E-state index is -0.920. The molecule has 0 saturated carbocycles. The summed E-state index contributed by atoms with van der Waals surface area (Å²) in [5.74, 6) is -0.920. The number of piperidine rings is 1. The van der Waals surface area contributed by atoms with Crippen molar-refractivity contribution in [1.82, 2.24) is 14.9 Å². The Labute approximate surface area is 127 Å². The van der Waals surface area contributed by atoms with E-state index in [0.29, 0.717) is 10.6 Å². The summed E-state index contributed by atoms with van der Waals surface area (Å²) in [4.78, 5) is 22.7. The Kier molecular flexibility index (Phi) is 4.26. The highest BCUT2D eigenvalue weighted by Crippen LogP contribution is 2.29. The van der Waals surface area contributed by atoms with Crippen LogP contribution < -0.4 is 0 Å². The van der Waals surface area contributed by atoms with Crippen molar-refractivity contribution in [1.29, 1.82) is 0 Å². The maximum absolute atomic E-state index is 11.4. The average Bonchev–Trinajstić information content (AvgIpc) is 2.93. The number of aromatic carboxylic acids is 1. The third-order valence-corrected chi connectivity index (χ3v) is 4.64. The monoisotopic (exact) mass is 303 g/mol. The second-order valence-electron chi connectivity index (χ2n) is 5.17. The van der Waals surface area contributed by atoms with E-state index >= 15 is 0 Å². The number of thiazole rings is 1. The zero-order valence-electron chi connectivity index (χ0n) is 11.7. The highest BCUT2D eigenvalue weighted by Gasteiger charge is 2.20. The molecule has 2 aromatic heterocycles. The topological polar surface area (TPSA) is 66.3 Å². The SMILES string of the molecule is O=C(O)c1sc(CN2CCCCC2)nc1-c1cccnc1. The van der Waals surface area contributed by atoms with Crippen molar-refractivity contribution in [3.8, 4) is 11.3 Å². The molecule has 5 nitrogen and oxygen atoms in total. The number of carbonyl (C=O) groups is 1. The predicted octanol–water partition coefficient (Wildman–Crippen LogP) is 2.89. The van der Waals surface area contributed by atoms with Gasteiger partial charge in [0.05, 0.1) is 12.2 Å². The van der Waals surface area contributed by atoms with Crippen molar-refractivity contribution in [2.24, 2.45) is 0 Å². The Balaban J connectivity index is 1.87. The van der Waals surface area contributed by atoms with Gasteiger partial charge >= 0.3 is 5.97 Å². The second kappa shape index (κ2) is 6.32. The molecule has 0 spiro atoms. The molecule has 1 saturated heterocycles. The predicted molar refractivity (Wildman–Crippen MR) is 81.4 cm³/mol. The molecular formula is C15H17N3O2S. The van der Waals surface area contributed by atoms with E-state index in [1.165, 1.54) is 30.6 Å². The molecule has 0 atom stereocenters. The van der Waals surface area contributed by atoms with E-state index in [9.17, 15) is 9.90 Å². The maximum Gasteiger partial charge on any atom is 0.348 e. The quantitative estimate of drug-likeness (QED) is 0.940. The van der Waals surface area contributed by atoms with E-state index in [1.54, 1.807) is 18.5 Å².